The lowest BCUT2D eigenvalue weighted by molar-refractivity contribution is 0.256. The highest BCUT2D eigenvalue weighted by Crippen LogP contribution is 2.34. The predicted molar refractivity (Wildman–Crippen MR) is 114 cm³/mol. The summed E-state index contributed by atoms with van der Waals surface area (Å²) < 4.78 is 0. The van der Waals surface area contributed by atoms with Crippen molar-refractivity contribution in [1.82, 2.24) is 5.32 Å². The molecule has 5 heteroatoms. The zero-order valence-electron chi connectivity index (χ0n) is 15.5. The SMILES string of the molecule is CC1=Nc2ccccc2N=C(NC(=O)Nc2ccccc2)[C@@H]1c1ccccc1. The Hall–Kier alpha value is -3.73. The summed E-state index contributed by atoms with van der Waals surface area (Å²) in [5, 5.41) is 5.80. The van der Waals surface area contributed by atoms with Crippen molar-refractivity contribution in [3.8, 4) is 0 Å². The molecule has 0 saturated heterocycles. The van der Waals surface area contributed by atoms with E-state index >= 15 is 0 Å². The van der Waals surface area contributed by atoms with E-state index in [1.807, 2.05) is 91.9 Å². The molecule has 28 heavy (non-hydrogen) atoms. The van der Waals surface area contributed by atoms with Gasteiger partial charge in [0.15, 0.2) is 0 Å². The lowest BCUT2D eigenvalue weighted by atomic mass is 9.93. The smallest absolute Gasteiger partial charge is 0.308 e. The molecule has 0 saturated carbocycles. The number of rotatable bonds is 2. The van der Waals surface area contributed by atoms with Crippen molar-refractivity contribution in [3.05, 3.63) is 90.5 Å². The van der Waals surface area contributed by atoms with E-state index in [1.165, 1.54) is 0 Å². The van der Waals surface area contributed by atoms with Gasteiger partial charge in [-0.25, -0.2) is 9.79 Å². The lowest BCUT2D eigenvalue weighted by Crippen LogP contribution is -2.39. The first-order chi connectivity index (χ1) is 13.7. The van der Waals surface area contributed by atoms with Crippen LogP contribution >= 0.6 is 0 Å². The molecule has 2 amide bonds. The van der Waals surface area contributed by atoms with Gasteiger partial charge in [0.25, 0.3) is 0 Å². The van der Waals surface area contributed by atoms with Crippen LogP contribution in [0.5, 0.6) is 0 Å². The Morgan fingerprint density at radius 3 is 2.00 bits per heavy atom. The van der Waals surface area contributed by atoms with Crippen LogP contribution in [-0.4, -0.2) is 17.6 Å². The summed E-state index contributed by atoms with van der Waals surface area (Å²) in [6, 6.07) is 26.6. The number of amidine groups is 1. The molecule has 0 fully saturated rings. The standard InChI is InChI=1S/C23H20N4O/c1-16-21(17-10-4-2-5-11-17)22(26-20-15-9-8-14-19(20)24-16)27-23(28)25-18-12-6-3-7-13-18/h2-15,21H,1H3,(H2,25,26,27,28)/t21-/m0/s1. The number of nitrogens with one attached hydrogen (secondary N) is 2. The van der Waals surface area contributed by atoms with E-state index in [9.17, 15) is 4.79 Å². The highest BCUT2D eigenvalue weighted by Gasteiger charge is 2.26. The molecular weight excluding hydrogens is 348 g/mol. The molecule has 2 N–H and O–H groups in total. The monoisotopic (exact) mass is 368 g/mol. The van der Waals surface area contributed by atoms with Gasteiger partial charge in [-0.05, 0) is 36.8 Å². The van der Waals surface area contributed by atoms with Crippen molar-refractivity contribution in [2.24, 2.45) is 9.98 Å². The van der Waals surface area contributed by atoms with Crippen LogP contribution < -0.4 is 10.6 Å². The maximum atomic E-state index is 12.6. The number of benzene rings is 3. The lowest BCUT2D eigenvalue weighted by Gasteiger charge is -2.19. The molecule has 0 aromatic heterocycles. The number of hydrogen-bond donors (Lipinski definition) is 2. The molecule has 0 unspecified atom stereocenters. The highest BCUT2D eigenvalue weighted by molar-refractivity contribution is 6.18. The van der Waals surface area contributed by atoms with Gasteiger partial charge in [0.1, 0.15) is 5.84 Å². The molecule has 0 radical (unpaired) electrons. The van der Waals surface area contributed by atoms with E-state index in [4.69, 9.17) is 9.98 Å². The van der Waals surface area contributed by atoms with Gasteiger partial charge in [-0.15, -0.1) is 0 Å². The zero-order valence-corrected chi connectivity index (χ0v) is 15.5. The Kier molecular flexibility index (Phi) is 4.97. The quantitative estimate of drug-likeness (QED) is 0.622. The van der Waals surface area contributed by atoms with Crippen LogP contribution in [-0.2, 0) is 0 Å². The van der Waals surface area contributed by atoms with Gasteiger partial charge < -0.3 is 5.32 Å². The van der Waals surface area contributed by atoms with Crippen LogP contribution in [0.1, 0.15) is 18.4 Å². The van der Waals surface area contributed by atoms with Crippen LogP contribution in [0.25, 0.3) is 0 Å². The van der Waals surface area contributed by atoms with Gasteiger partial charge in [-0.1, -0.05) is 60.7 Å². The number of carbonyl (C=O) groups is 1. The number of hydrogen-bond acceptors (Lipinski definition) is 3. The fourth-order valence-electron chi connectivity index (χ4n) is 3.24. The van der Waals surface area contributed by atoms with E-state index in [2.05, 4.69) is 10.6 Å². The van der Waals surface area contributed by atoms with Crippen molar-refractivity contribution in [1.29, 1.82) is 0 Å². The first-order valence-corrected chi connectivity index (χ1v) is 9.11. The van der Waals surface area contributed by atoms with E-state index < -0.39 is 0 Å². The minimum absolute atomic E-state index is 0.241. The van der Waals surface area contributed by atoms with Crippen molar-refractivity contribution < 1.29 is 4.79 Å². The first-order valence-electron chi connectivity index (χ1n) is 9.11. The molecule has 1 aliphatic rings. The summed E-state index contributed by atoms with van der Waals surface area (Å²) in [6.45, 7) is 1.96. The summed E-state index contributed by atoms with van der Waals surface area (Å²) in [7, 11) is 0. The Labute approximate surface area is 163 Å². The summed E-state index contributed by atoms with van der Waals surface area (Å²) in [4.78, 5) is 22.2. The van der Waals surface area contributed by atoms with Crippen LogP contribution in [0.15, 0.2) is 94.9 Å². The minimum atomic E-state index is -0.335. The highest BCUT2D eigenvalue weighted by atomic mass is 16.2. The molecule has 3 aromatic carbocycles. The zero-order chi connectivity index (χ0) is 19.3. The number of aliphatic imine (C=N–C) groups is 2. The number of nitrogens with zero attached hydrogens (tertiary/aromatic N) is 2. The van der Waals surface area contributed by atoms with Gasteiger partial charge >= 0.3 is 6.03 Å². The fraction of sp³-hybridized carbons (Fsp3) is 0.0870. The molecule has 0 aliphatic carbocycles. The second-order valence-electron chi connectivity index (χ2n) is 6.53. The number of para-hydroxylation sites is 3. The van der Waals surface area contributed by atoms with E-state index in [1.54, 1.807) is 0 Å². The molecular formula is C23H20N4O. The molecule has 0 spiro atoms. The molecule has 1 atom stereocenters. The molecule has 3 aromatic rings. The molecule has 1 heterocycles. The second kappa shape index (κ2) is 7.88. The summed E-state index contributed by atoms with van der Waals surface area (Å²) >= 11 is 0. The maximum Gasteiger partial charge on any atom is 0.324 e. The third kappa shape index (κ3) is 3.83. The number of carbonyl (C=O) groups excluding carboxylic acids is 1. The summed E-state index contributed by atoms with van der Waals surface area (Å²) in [6.07, 6.45) is 0. The van der Waals surface area contributed by atoms with Gasteiger partial charge in [-0.3, -0.25) is 10.3 Å². The number of urea groups is 1. The van der Waals surface area contributed by atoms with Crippen LogP contribution in [0, 0.1) is 0 Å². The third-order valence-corrected chi connectivity index (χ3v) is 4.52. The molecule has 0 bridgehead atoms. The fourth-order valence-corrected chi connectivity index (χ4v) is 3.24. The Balaban J connectivity index is 1.71. The molecule has 138 valence electrons. The normalized spacial score (nSPS) is 15.5. The Morgan fingerprint density at radius 1 is 0.750 bits per heavy atom. The predicted octanol–water partition coefficient (Wildman–Crippen LogP) is 5.43. The van der Waals surface area contributed by atoms with Gasteiger partial charge in [0, 0.05) is 11.4 Å². The van der Waals surface area contributed by atoms with Crippen molar-refractivity contribution in [2.45, 2.75) is 12.8 Å². The van der Waals surface area contributed by atoms with Crippen LogP contribution in [0.2, 0.25) is 0 Å². The van der Waals surface area contributed by atoms with Gasteiger partial charge in [-0.2, -0.15) is 0 Å². The average molecular weight is 368 g/mol. The van der Waals surface area contributed by atoms with E-state index in [0.717, 1.165) is 28.3 Å². The Morgan fingerprint density at radius 2 is 1.32 bits per heavy atom. The average Bonchev–Trinajstić information content (AvgIpc) is 2.84. The third-order valence-electron chi connectivity index (χ3n) is 4.52. The van der Waals surface area contributed by atoms with Crippen molar-refractivity contribution >= 4 is 34.6 Å². The number of anilines is 1. The Bertz CT molecular complexity index is 1040. The molecule has 4 rings (SSSR count). The van der Waals surface area contributed by atoms with Crippen molar-refractivity contribution in [3.63, 3.8) is 0 Å². The first kappa shape index (κ1) is 17.7. The largest absolute Gasteiger partial charge is 0.324 e. The molecule has 1 aliphatic heterocycles. The van der Waals surface area contributed by atoms with Crippen LogP contribution in [0.3, 0.4) is 0 Å². The second-order valence-corrected chi connectivity index (χ2v) is 6.53. The van der Waals surface area contributed by atoms with Gasteiger partial charge in [0.05, 0.1) is 17.3 Å². The number of amides is 2. The van der Waals surface area contributed by atoms with E-state index in [0.29, 0.717) is 5.84 Å². The van der Waals surface area contributed by atoms with E-state index in [-0.39, 0.29) is 11.9 Å². The topological polar surface area (TPSA) is 65.8 Å². The molecule has 5 nitrogen and oxygen atoms in total. The maximum absolute atomic E-state index is 12.6. The summed E-state index contributed by atoms with van der Waals surface area (Å²) in [5.41, 5.74) is 4.14. The van der Waals surface area contributed by atoms with Crippen LogP contribution in [0.4, 0.5) is 21.9 Å². The number of fused-ring (bicyclic) bond motifs is 1. The van der Waals surface area contributed by atoms with Gasteiger partial charge in [0.2, 0.25) is 0 Å². The van der Waals surface area contributed by atoms with Crippen molar-refractivity contribution in [2.75, 3.05) is 5.32 Å². The minimum Gasteiger partial charge on any atom is -0.308 e. The summed E-state index contributed by atoms with van der Waals surface area (Å²) in [5.74, 6) is 0.306.